The van der Waals surface area contributed by atoms with E-state index in [1.807, 2.05) is 30.3 Å². The van der Waals surface area contributed by atoms with E-state index in [1.54, 1.807) is 4.90 Å². The standard InChI is InChI=1S/C22H31N5O4S/c1-3-13(2)10-23-21-26-18-19(27(21)20-17(30)16(29)15(11-28)31-20)24-12-25-22(18,32)9-14-7-5-4-6-8-14/h4-8,12-13,15-17,20-21,23,28-30,32H,3,9-11H2,1-2H3/t13?,15-,16-,17-,20-,21?,22?/m1/s1. The summed E-state index contributed by atoms with van der Waals surface area (Å²) in [6.45, 7) is 4.54. The zero-order valence-corrected chi connectivity index (χ0v) is 19.1. The van der Waals surface area contributed by atoms with Crippen LogP contribution in [-0.4, -0.2) is 87.0 Å². The topological polar surface area (TPSA) is 122 Å². The van der Waals surface area contributed by atoms with Gasteiger partial charge in [0.15, 0.2) is 23.2 Å². The van der Waals surface area contributed by atoms with Gasteiger partial charge in [0.2, 0.25) is 0 Å². The van der Waals surface area contributed by atoms with Gasteiger partial charge in [0, 0.05) is 13.0 Å². The average Bonchev–Trinajstić information content (AvgIpc) is 3.30. The normalized spacial score (nSPS) is 34.9. The van der Waals surface area contributed by atoms with Gasteiger partial charge in [0.25, 0.3) is 0 Å². The van der Waals surface area contributed by atoms with Crippen molar-refractivity contribution >= 4 is 30.5 Å². The van der Waals surface area contributed by atoms with E-state index in [0.717, 1.165) is 12.0 Å². The number of hydrogen-bond acceptors (Lipinski definition) is 10. The Bertz CT molecular complexity index is 898. The SMILES string of the molecule is CCC(C)CNC1N=C2C(=NC=NC2(S)Cc2ccccc2)N1[C@@H]1O[C@H](CO)[C@@H](O)[C@H]1O. The number of aliphatic hydroxyl groups excluding tert-OH is 3. The van der Waals surface area contributed by atoms with Crippen molar-refractivity contribution in [2.24, 2.45) is 20.9 Å². The van der Waals surface area contributed by atoms with Crippen molar-refractivity contribution in [3.63, 3.8) is 0 Å². The van der Waals surface area contributed by atoms with Crippen LogP contribution in [0.1, 0.15) is 25.8 Å². The number of thiol groups is 1. The Balaban J connectivity index is 1.66. The van der Waals surface area contributed by atoms with Crippen molar-refractivity contribution in [3.8, 4) is 0 Å². The van der Waals surface area contributed by atoms with Gasteiger partial charge in [-0.2, -0.15) is 0 Å². The van der Waals surface area contributed by atoms with Crippen molar-refractivity contribution in [2.45, 2.75) is 62.4 Å². The molecule has 3 aliphatic rings. The van der Waals surface area contributed by atoms with Gasteiger partial charge < -0.3 is 20.1 Å². The molecule has 4 N–H and O–H groups in total. The molecule has 1 aromatic carbocycles. The van der Waals surface area contributed by atoms with Crippen LogP contribution in [0, 0.1) is 5.92 Å². The molecular formula is C22H31N5O4S. The monoisotopic (exact) mass is 461 g/mol. The second-order valence-corrected chi connectivity index (χ2v) is 9.33. The molecule has 0 spiro atoms. The van der Waals surface area contributed by atoms with E-state index in [0.29, 0.717) is 30.4 Å². The molecule has 0 amide bonds. The molecule has 4 rings (SSSR count). The van der Waals surface area contributed by atoms with Crippen molar-refractivity contribution in [3.05, 3.63) is 35.9 Å². The zero-order chi connectivity index (χ0) is 22.9. The smallest absolute Gasteiger partial charge is 0.180 e. The van der Waals surface area contributed by atoms with Crippen LogP contribution in [0.2, 0.25) is 0 Å². The molecule has 9 nitrogen and oxygen atoms in total. The van der Waals surface area contributed by atoms with E-state index in [2.05, 4.69) is 29.1 Å². The minimum absolute atomic E-state index is 0.403. The third kappa shape index (κ3) is 4.35. The number of ether oxygens (including phenoxy) is 1. The number of aliphatic imine (C=N–C) groups is 3. The van der Waals surface area contributed by atoms with Crippen LogP contribution in [0.5, 0.6) is 0 Å². The molecule has 3 aliphatic heterocycles. The molecule has 1 saturated heterocycles. The summed E-state index contributed by atoms with van der Waals surface area (Å²) in [4.78, 5) is 14.7. The highest BCUT2D eigenvalue weighted by atomic mass is 32.1. The highest BCUT2D eigenvalue weighted by molar-refractivity contribution is 7.83. The molecule has 174 valence electrons. The fraction of sp³-hybridized carbons (Fsp3) is 0.591. The maximum absolute atomic E-state index is 10.7. The summed E-state index contributed by atoms with van der Waals surface area (Å²) in [5.41, 5.74) is 1.63. The summed E-state index contributed by atoms with van der Waals surface area (Å²) < 4.78 is 5.83. The van der Waals surface area contributed by atoms with E-state index in [1.165, 1.54) is 6.34 Å². The number of nitrogens with zero attached hydrogens (tertiary/aromatic N) is 4. The maximum atomic E-state index is 10.7. The second kappa shape index (κ2) is 9.58. The fourth-order valence-electron chi connectivity index (χ4n) is 4.11. The Hall–Kier alpha value is -1.82. The first-order valence-corrected chi connectivity index (χ1v) is 11.4. The molecule has 3 unspecified atom stereocenters. The molecule has 0 aliphatic carbocycles. The predicted molar refractivity (Wildman–Crippen MR) is 126 cm³/mol. The number of rotatable bonds is 8. The Morgan fingerprint density at radius 1 is 1.25 bits per heavy atom. The first-order valence-electron chi connectivity index (χ1n) is 11.0. The highest BCUT2D eigenvalue weighted by Crippen LogP contribution is 2.35. The van der Waals surface area contributed by atoms with Crippen LogP contribution >= 0.6 is 12.6 Å². The minimum atomic E-state index is -1.24. The molecule has 0 bridgehead atoms. The summed E-state index contributed by atoms with van der Waals surface area (Å²) in [5.74, 6) is 0.899. The lowest BCUT2D eigenvalue weighted by Gasteiger charge is -2.35. The summed E-state index contributed by atoms with van der Waals surface area (Å²) in [6, 6.07) is 9.91. The average molecular weight is 462 g/mol. The Morgan fingerprint density at radius 2 is 2.00 bits per heavy atom. The second-order valence-electron chi connectivity index (χ2n) is 8.59. The molecule has 0 radical (unpaired) electrons. The molecule has 3 heterocycles. The molecular weight excluding hydrogens is 430 g/mol. The molecule has 0 saturated carbocycles. The third-order valence-corrected chi connectivity index (χ3v) is 6.72. The zero-order valence-electron chi connectivity index (χ0n) is 18.2. The van der Waals surface area contributed by atoms with Gasteiger partial charge in [-0.25, -0.2) is 15.0 Å². The molecule has 32 heavy (non-hydrogen) atoms. The summed E-state index contributed by atoms with van der Waals surface area (Å²) >= 11 is 4.91. The molecule has 7 atom stereocenters. The quantitative estimate of drug-likeness (QED) is 0.358. The number of aliphatic hydroxyl groups is 3. The lowest BCUT2D eigenvalue weighted by molar-refractivity contribution is -0.0836. The van der Waals surface area contributed by atoms with E-state index in [4.69, 9.17) is 22.4 Å². The Kier molecular flexibility index (Phi) is 6.99. The number of benzene rings is 1. The van der Waals surface area contributed by atoms with E-state index >= 15 is 0 Å². The third-order valence-electron chi connectivity index (χ3n) is 6.23. The van der Waals surface area contributed by atoms with Crippen LogP contribution in [0.15, 0.2) is 45.3 Å². The lowest BCUT2D eigenvalue weighted by Crippen LogP contribution is -2.56. The summed E-state index contributed by atoms with van der Waals surface area (Å²) in [6.07, 6.45) is -1.89. The first kappa shape index (κ1) is 23.3. The fourth-order valence-corrected chi connectivity index (χ4v) is 4.50. The van der Waals surface area contributed by atoms with E-state index in [-0.39, 0.29) is 0 Å². The van der Waals surface area contributed by atoms with Crippen LogP contribution < -0.4 is 5.32 Å². The lowest BCUT2D eigenvalue weighted by atomic mass is 10.00. The van der Waals surface area contributed by atoms with Gasteiger partial charge in [0.05, 0.1) is 6.61 Å². The van der Waals surface area contributed by atoms with Crippen LogP contribution in [0.3, 0.4) is 0 Å². The molecule has 0 aromatic heterocycles. The van der Waals surface area contributed by atoms with Gasteiger partial charge >= 0.3 is 0 Å². The van der Waals surface area contributed by atoms with Gasteiger partial charge in [-0.3, -0.25) is 10.2 Å². The Labute approximate surface area is 193 Å². The molecule has 1 aromatic rings. The number of nitrogens with one attached hydrogen (secondary N) is 1. The van der Waals surface area contributed by atoms with Gasteiger partial charge in [-0.1, -0.05) is 50.6 Å². The minimum Gasteiger partial charge on any atom is -0.394 e. The largest absolute Gasteiger partial charge is 0.394 e. The number of hydrogen-bond donors (Lipinski definition) is 5. The van der Waals surface area contributed by atoms with Crippen molar-refractivity contribution in [1.82, 2.24) is 10.2 Å². The highest BCUT2D eigenvalue weighted by Gasteiger charge is 2.53. The van der Waals surface area contributed by atoms with Gasteiger partial charge in [0.1, 0.15) is 30.4 Å². The van der Waals surface area contributed by atoms with Crippen LogP contribution in [0.4, 0.5) is 0 Å². The van der Waals surface area contributed by atoms with E-state index in [9.17, 15) is 15.3 Å². The van der Waals surface area contributed by atoms with Crippen molar-refractivity contribution in [2.75, 3.05) is 13.2 Å². The number of amidine groups is 1. The van der Waals surface area contributed by atoms with Crippen molar-refractivity contribution in [1.29, 1.82) is 0 Å². The summed E-state index contributed by atoms with van der Waals surface area (Å²) in [5, 5.41) is 34.0. The van der Waals surface area contributed by atoms with Crippen LogP contribution in [0.25, 0.3) is 0 Å². The molecule has 10 heteroatoms. The van der Waals surface area contributed by atoms with Crippen molar-refractivity contribution < 1.29 is 20.1 Å². The van der Waals surface area contributed by atoms with Crippen LogP contribution in [-0.2, 0) is 11.2 Å². The first-order chi connectivity index (χ1) is 15.4. The summed E-state index contributed by atoms with van der Waals surface area (Å²) in [7, 11) is 0. The predicted octanol–water partition coefficient (Wildman–Crippen LogP) is 0.410. The van der Waals surface area contributed by atoms with E-state index < -0.39 is 42.3 Å². The molecule has 1 fully saturated rings. The Morgan fingerprint density at radius 3 is 2.66 bits per heavy atom. The maximum Gasteiger partial charge on any atom is 0.180 e. The van der Waals surface area contributed by atoms with Gasteiger partial charge in [-0.05, 0) is 11.5 Å². The van der Waals surface area contributed by atoms with Gasteiger partial charge in [-0.15, -0.1) is 12.6 Å². The number of fused-ring (bicyclic) bond motifs is 1.